The number of hydrogen-bond acceptors (Lipinski definition) is 2. The molecule has 0 atom stereocenters. The van der Waals surface area contributed by atoms with Gasteiger partial charge in [-0.25, -0.2) is 4.39 Å². The molecule has 2 heterocycles. The molecule has 0 unspecified atom stereocenters. The molecule has 1 aromatic rings. The second-order valence-electron chi connectivity index (χ2n) is 8.38. The molecule has 1 spiro atoms. The Kier molecular flexibility index (Phi) is 5.15. The zero-order chi connectivity index (χ0) is 19.0. The first-order valence-corrected chi connectivity index (χ1v) is 10.4. The Morgan fingerprint density at radius 2 is 1.85 bits per heavy atom. The predicted octanol–water partition coefficient (Wildman–Crippen LogP) is 4.27. The Hall–Kier alpha value is -1.62. The molecule has 27 heavy (non-hydrogen) atoms. The first-order valence-electron chi connectivity index (χ1n) is 10.0. The lowest BCUT2D eigenvalue weighted by Gasteiger charge is -2.49. The van der Waals surface area contributed by atoms with Crippen LogP contribution in [0.3, 0.4) is 0 Å². The van der Waals surface area contributed by atoms with Crippen molar-refractivity contribution >= 4 is 23.4 Å². The molecule has 146 valence electrons. The fourth-order valence-electron chi connectivity index (χ4n) is 5.02. The summed E-state index contributed by atoms with van der Waals surface area (Å²) in [6, 6.07) is 4.62. The molecule has 1 aliphatic carbocycles. The number of hydrogen-bond donors (Lipinski definition) is 0. The van der Waals surface area contributed by atoms with E-state index in [0.29, 0.717) is 36.5 Å². The van der Waals surface area contributed by atoms with E-state index < -0.39 is 5.82 Å². The fraction of sp³-hybridized carbons (Fsp3) is 0.619. The highest BCUT2D eigenvalue weighted by atomic mass is 35.5. The second-order valence-corrected chi connectivity index (χ2v) is 8.81. The molecule has 0 aromatic heterocycles. The monoisotopic (exact) mass is 392 g/mol. The average molecular weight is 393 g/mol. The molecular formula is C21H26ClFN2O2. The van der Waals surface area contributed by atoms with Gasteiger partial charge in [-0.2, -0.15) is 0 Å². The van der Waals surface area contributed by atoms with E-state index in [2.05, 4.69) is 4.90 Å². The average Bonchev–Trinajstić information content (AvgIpc) is 3.19. The van der Waals surface area contributed by atoms with Crippen LogP contribution < -0.4 is 0 Å². The van der Waals surface area contributed by atoms with Gasteiger partial charge >= 0.3 is 0 Å². The molecule has 2 saturated heterocycles. The summed E-state index contributed by atoms with van der Waals surface area (Å²) in [4.78, 5) is 29.0. The van der Waals surface area contributed by atoms with E-state index >= 15 is 0 Å². The highest BCUT2D eigenvalue weighted by Gasteiger charge is 2.44. The molecule has 2 aliphatic heterocycles. The molecule has 4 rings (SSSR count). The molecule has 3 aliphatic rings. The van der Waals surface area contributed by atoms with Gasteiger partial charge in [0.05, 0.1) is 5.56 Å². The quantitative estimate of drug-likeness (QED) is 0.754. The van der Waals surface area contributed by atoms with Crippen molar-refractivity contribution in [1.29, 1.82) is 0 Å². The first kappa shape index (κ1) is 18.7. The van der Waals surface area contributed by atoms with Crippen LogP contribution >= 0.6 is 11.6 Å². The van der Waals surface area contributed by atoms with E-state index in [-0.39, 0.29) is 16.9 Å². The van der Waals surface area contributed by atoms with Crippen LogP contribution in [0.25, 0.3) is 0 Å². The predicted molar refractivity (Wildman–Crippen MR) is 102 cm³/mol. The van der Waals surface area contributed by atoms with Crippen LogP contribution in [0.5, 0.6) is 0 Å². The van der Waals surface area contributed by atoms with Gasteiger partial charge in [-0.05, 0) is 55.7 Å². The zero-order valence-corrected chi connectivity index (χ0v) is 16.3. The third kappa shape index (κ3) is 3.71. The van der Waals surface area contributed by atoms with Crippen molar-refractivity contribution in [2.24, 2.45) is 5.41 Å². The van der Waals surface area contributed by atoms with Crippen molar-refractivity contribution in [3.05, 3.63) is 34.6 Å². The van der Waals surface area contributed by atoms with Crippen LogP contribution in [0, 0.1) is 11.2 Å². The minimum Gasteiger partial charge on any atom is -0.339 e. The van der Waals surface area contributed by atoms with Crippen LogP contribution in [0.1, 0.15) is 61.7 Å². The smallest absolute Gasteiger partial charge is 0.256 e. The van der Waals surface area contributed by atoms with E-state index in [4.69, 9.17) is 11.6 Å². The number of carbonyl (C=O) groups is 2. The van der Waals surface area contributed by atoms with Crippen molar-refractivity contribution in [1.82, 2.24) is 9.80 Å². The summed E-state index contributed by atoms with van der Waals surface area (Å²) in [7, 11) is 0. The van der Waals surface area contributed by atoms with Gasteiger partial charge in [-0.15, -0.1) is 0 Å². The highest BCUT2D eigenvalue weighted by Crippen LogP contribution is 2.42. The maximum Gasteiger partial charge on any atom is 0.256 e. The normalized spacial score (nSPS) is 23.3. The third-order valence-electron chi connectivity index (χ3n) is 6.73. The van der Waals surface area contributed by atoms with Crippen LogP contribution in [0.15, 0.2) is 18.2 Å². The van der Waals surface area contributed by atoms with Crippen molar-refractivity contribution < 1.29 is 14.0 Å². The number of benzene rings is 1. The van der Waals surface area contributed by atoms with E-state index in [1.165, 1.54) is 25.0 Å². The Morgan fingerprint density at radius 3 is 2.52 bits per heavy atom. The Bertz CT molecular complexity index is 740. The Labute approximate surface area is 164 Å². The van der Waals surface area contributed by atoms with E-state index in [0.717, 1.165) is 38.6 Å². The van der Waals surface area contributed by atoms with Crippen LogP contribution in [0.2, 0.25) is 5.02 Å². The van der Waals surface area contributed by atoms with Gasteiger partial charge < -0.3 is 9.80 Å². The number of piperidine rings is 2. The summed E-state index contributed by atoms with van der Waals surface area (Å²) in [6.07, 6.45) is 7.98. The summed E-state index contributed by atoms with van der Waals surface area (Å²) in [5, 5.41) is 0.292. The van der Waals surface area contributed by atoms with E-state index in [9.17, 15) is 14.0 Å². The van der Waals surface area contributed by atoms with Gasteiger partial charge in [0, 0.05) is 37.1 Å². The summed E-state index contributed by atoms with van der Waals surface area (Å²) in [6.45, 7) is 2.06. The Morgan fingerprint density at radius 1 is 1.15 bits per heavy atom. The minimum absolute atomic E-state index is 0.0850. The molecule has 1 saturated carbocycles. The first-order chi connectivity index (χ1) is 13.0. The van der Waals surface area contributed by atoms with Crippen LogP contribution in [-0.4, -0.2) is 47.3 Å². The molecule has 0 radical (unpaired) electrons. The molecule has 4 nitrogen and oxygen atoms in total. The number of amides is 2. The van der Waals surface area contributed by atoms with Crippen molar-refractivity contribution in [3.8, 4) is 0 Å². The van der Waals surface area contributed by atoms with Gasteiger partial charge in [0.15, 0.2) is 0 Å². The van der Waals surface area contributed by atoms with Gasteiger partial charge in [-0.3, -0.25) is 9.59 Å². The van der Waals surface area contributed by atoms with Gasteiger partial charge in [-0.1, -0.05) is 24.4 Å². The van der Waals surface area contributed by atoms with Crippen molar-refractivity contribution in [3.63, 3.8) is 0 Å². The second kappa shape index (κ2) is 7.42. The zero-order valence-electron chi connectivity index (χ0n) is 15.6. The van der Waals surface area contributed by atoms with E-state index in [1.807, 2.05) is 0 Å². The lowest BCUT2D eigenvalue weighted by atomic mass is 9.72. The van der Waals surface area contributed by atoms with Crippen LogP contribution in [0.4, 0.5) is 4.39 Å². The van der Waals surface area contributed by atoms with Gasteiger partial charge in [0.1, 0.15) is 5.82 Å². The number of rotatable bonds is 2. The summed E-state index contributed by atoms with van der Waals surface area (Å²) in [5.74, 6) is -0.531. The molecule has 2 amide bonds. The molecule has 0 bridgehead atoms. The maximum absolute atomic E-state index is 14.1. The molecular weight excluding hydrogens is 367 g/mol. The Balaban J connectivity index is 1.42. The largest absolute Gasteiger partial charge is 0.339 e. The third-order valence-corrected chi connectivity index (χ3v) is 6.97. The molecule has 1 aromatic carbocycles. The molecule has 6 heteroatoms. The van der Waals surface area contributed by atoms with Crippen LogP contribution in [-0.2, 0) is 4.79 Å². The molecule has 3 fully saturated rings. The van der Waals surface area contributed by atoms with Gasteiger partial charge in [0.25, 0.3) is 5.91 Å². The summed E-state index contributed by atoms with van der Waals surface area (Å²) in [5.41, 5.74) is 0.202. The minimum atomic E-state index is -0.566. The topological polar surface area (TPSA) is 40.6 Å². The fourth-order valence-corrected chi connectivity index (χ4v) is 5.18. The number of halogens is 2. The van der Waals surface area contributed by atoms with Gasteiger partial charge in [0.2, 0.25) is 5.91 Å². The summed E-state index contributed by atoms with van der Waals surface area (Å²) < 4.78 is 14.1. The van der Waals surface area contributed by atoms with Crippen molar-refractivity contribution in [2.45, 2.75) is 57.4 Å². The maximum atomic E-state index is 14.1. The lowest BCUT2D eigenvalue weighted by Crippen LogP contribution is -2.54. The number of likely N-dealkylation sites (tertiary alicyclic amines) is 2. The summed E-state index contributed by atoms with van der Waals surface area (Å²) >= 11 is 5.79. The standard InChI is InChI=1S/C21H26ClFN2O2/c22-15-5-6-17(18(23)13-15)20(27)24-11-9-21(10-12-24)8-7-19(26)25(14-21)16-3-1-2-4-16/h5-6,13,16H,1-4,7-12,14H2. The molecule has 0 N–H and O–H groups in total. The lowest BCUT2D eigenvalue weighted by molar-refractivity contribution is -0.142. The highest BCUT2D eigenvalue weighted by molar-refractivity contribution is 6.30. The number of carbonyl (C=O) groups excluding carboxylic acids is 2. The van der Waals surface area contributed by atoms with E-state index in [1.54, 1.807) is 11.0 Å². The number of nitrogens with zero attached hydrogens (tertiary/aromatic N) is 2. The van der Waals surface area contributed by atoms with Crippen molar-refractivity contribution in [2.75, 3.05) is 19.6 Å². The SMILES string of the molecule is O=C(c1ccc(Cl)cc1F)N1CCC2(CCC(=O)N(C3CCCC3)C2)CC1.